The van der Waals surface area contributed by atoms with Crippen LogP contribution in [-0.2, 0) is 17.4 Å². The molecule has 0 unspecified atom stereocenters. The maximum atomic E-state index is 13.1. The number of hydrogen-bond donors (Lipinski definition) is 1. The molecule has 0 aliphatic rings. The molecule has 0 aliphatic heterocycles. The van der Waals surface area contributed by atoms with Gasteiger partial charge in [0.2, 0.25) is 11.8 Å². The number of pyridine rings is 1. The number of nitrogens with zero attached hydrogens (tertiary/aromatic N) is 2. The fourth-order valence-electron chi connectivity index (χ4n) is 3.24. The summed E-state index contributed by atoms with van der Waals surface area (Å²) < 4.78 is 44.3. The summed E-state index contributed by atoms with van der Waals surface area (Å²) in [4.78, 5) is 17.1. The predicted octanol–water partition coefficient (Wildman–Crippen LogP) is 5.71. The highest BCUT2D eigenvalue weighted by molar-refractivity contribution is 5.95. The van der Waals surface area contributed by atoms with E-state index in [-0.39, 0.29) is 12.3 Å². The minimum Gasteiger partial charge on any atom is -0.338 e. The van der Waals surface area contributed by atoms with Gasteiger partial charge in [0.1, 0.15) is 0 Å². The van der Waals surface area contributed by atoms with E-state index in [0.717, 1.165) is 23.1 Å². The zero-order chi connectivity index (χ0) is 22.2. The Labute approximate surface area is 175 Å². The lowest BCUT2D eigenvalue weighted by Gasteiger charge is -2.10. The second kappa shape index (κ2) is 7.86. The van der Waals surface area contributed by atoms with E-state index in [1.54, 1.807) is 44.2 Å². The molecule has 2 heterocycles. The molecule has 0 saturated carbocycles. The quantitative estimate of drug-likeness (QED) is 0.455. The molecule has 1 N–H and O–H groups in total. The Hall–Kier alpha value is -3.68. The number of para-hydroxylation sites is 1. The molecule has 1 amide bonds. The molecule has 31 heavy (non-hydrogen) atoms. The van der Waals surface area contributed by atoms with Gasteiger partial charge in [-0.05, 0) is 37.6 Å². The first kappa shape index (κ1) is 20.6. The van der Waals surface area contributed by atoms with E-state index in [4.69, 9.17) is 4.52 Å². The molecule has 0 spiro atoms. The van der Waals surface area contributed by atoms with Gasteiger partial charge in [0, 0.05) is 16.5 Å². The van der Waals surface area contributed by atoms with E-state index >= 15 is 0 Å². The number of nitrogens with one attached hydrogen (secondary N) is 1. The molecule has 0 atom stereocenters. The molecule has 2 aromatic carbocycles. The van der Waals surface area contributed by atoms with Crippen LogP contribution in [0.5, 0.6) is 0 Å². The van der Waals surface area contributed by atoms with E-state index in [2.05, 4.69) is 15.5 Å². The SMILES string of the molecule is Cc1noc(NC(=O)Cc2cccc3ccc(-c4cccc(C(F)(F)F)c4)nc23)c1C. The molecule has 8 heteroatoms. The van der Waals surface area contributed by atoms with Crippen molar-refractivity contribution in [3.8, 4) is 11.3 Å². The number of halogens is 3. The summed E-state index contributed by atoms with van der Waals surface area (Å²) in [5.41, 5.74) is 2.65. The van der Waals surface area contributed by atoms with Gasteiger partial charge < -0.3 is 4.52 Å². The lowest BCUT2D eigenvalue weighted by atomic mass is 10.0. The molecule has 0 saturated heterocycles. The van der Waals surface area contributed by atoms with Crippen molar-refractivity contribution < 1.29 is 22.5 Å². The van der Waals surface area contributed by atoms with Crippen molar-refractivity contribution in [3.63, 3.8) is 0 Å². The zero-order valence-electron chi connectivity index (χ0n) is 16.7. The number of carbonyl (C=O) groups is 1. The molecular weight excluding hydrogens is 407 g/mol. The van der Waals surface area contributed by atoms with Crippen LogP contribution >= 0.6 is 0 Å². The van der Waals surface area contributed by atoms with Crippen LogP contribution in [0, 0.1) is 13.8 Å². The van der Waals surface area contributed by atoms with Crippen molar-refractivity contribution in [1.82, 2.24) is 10.1 Å². The van der Waals surface area contributed by atoms with Gasteiger partial charge in [0.25, 0.3) is 0 Å². The summed E-state index contributed by atoms with van der Waals surface area (Å²) in [7, 11) is 0. The predicted molar refractivity (Wildman–Crippen MR) is 110 cm³/mol. The van der Waals surface area contributed by atoms with Crippen LogP contribution in [0.15, 0.2) is 59.1 Å². The van der Waals surface area contributed by atoms with E-state index in [1.807, 2.05) is 6.07 Å². The molecule has 0 aliphatic carbocycles. The maximum Gasteiger partial charge on any atom is 0.416 e. The van der Waals surface area contributed by atoms with Crippen LogP contribution in [-0.4, -0.2) is 16.0 Å². The normalized spacial score (nSPS) is 11.6. The number of carbonyl (C=O) groups excluding carboxylic acids is 1. The lowest BCUT2D eigenvalue weighted by molar-refractivity contribution is -0.137. The van der Waals surface area contributed by atoms with Crippen LogP contribution in [0.2, 0.25) is 0 Å². The first-order chi connectivity index (χ1) is 14.7. The van der Waals surface area contributed by atoms with Gasteiger partial charge in [-0.1, -0.05) is 41.6 Å². The van der Waals surface area contributed by atoms with Crippen molar-refractivity contribution in [2.45, 2.75) is 26.4 Å². The Morgan fingerprint density at radius 1 is 1.06 bits per heavy atom. The zero-order valence-corrected chi connectivity index (χ0v) is 16.7. The highest BCUT2D eigenvalue weighted by atomic mass is 19.4. The summed E-state index contributed by atoms with van der Waals surface area (Å²) >= 11 is 0. The first-order valence-corrected chi connectivity index (χ1v) is 9.51. The van der Waals surface area contributed by atoms with Gasteiger partial charge in [0.15, 0.2) is 0 Å². The van der Waals surface area contributed by atoms with Gasteiger partial charge in [0.05, 0.1) is 28.9 Å². The topological polar surface area (TPSA) is 68.0 Å². The van der Waals surface area contributed by atoms with Crippen LogP contribution in [0.25, 0.3) is 22.2 Å². The largest absolute Gasteiger partial charge is 0.416 e. The van der Waals surface area contributed by atoms with Crippen LogP contribution < -0.4 is 5.32 Å². The van der Waals surface area contributed by atoms with E-state index < -0.39 is 11.7 Å². The molecule has 0 bridgehead atoms. The van der Waals surface area contributed by atoms with Gasteiger partial charge >= 0.3 is 6.18 Å². The van der Waals surface area contributed by atoms with E-state index in [1.165, 1.54) is 6.07 Å². The number of aryl methyl sites for hydroxylation is 1. The molecule has 4 aromatic rings. The van der Waals surface area contributed by atoms with Crippen LogP contribution in [0.1, 0.15) is 22.4 Å². The third-order valence-corrected chi connectivity index (χ3v) is 5.05. The fraction of sp³-hybridized carbons (Fsp3) is 0.174. The highest BCUT2D eigenvalue weighted by Crippen LogP contribution is 2.32. The molecule has 0 radical (unpaired) electrons. The third kappa shape index (κ3) is 4.28. The smallest absolute Gasteiger partial charge is 0.338 e. The number of alkyl halides is 3. The fourth-order valence-corrected chi connectivity index (χ4v) is 3.24. The Morgan fingerprint density at radius 3 is 2.55 bits per heavy atom. The number of benzene rings is 2. The Balaban J connectivity index is 1.66. The highest BCUT2D eigenvalue weighted by Gasteiger charge is 2.30. The lowest BCUT2D eigenvalue weighted by Crippen LogP contribution is -2.15. The van der Waals surface area contributed by atoms with Crippen LogP contribution in [0.3, 0.4) is 0 Å². The van der Waals surface area contributed by atoms with Crippen molar-refractivity contribution in [2.24, 2.45) is 0 Å². The van der Waals surface area contributed by atoms with E-state index in [9.17, 15) is 18.0 Å². The second-order valence-corrected chi connectivity index (χ2v) is 7.21. The number of fused-ring (bicyclic) bond motifs is 1. The summed E-state index contributed by atoms with van der Waals surface area (Å²) in [6.45, 7) is 3.57. The van der Waals surface area contributed by atoms with Gasteiger partial charge in [-0.2, -0.15) is 13.2 Å². The number of hydrogen-bond acceptors (Lipinski definition) is 4. The summed E-state index contributed by atoms with van der Waals surface area (Å²) in [5, 5.41) is 7.29. The van der Waals surface area contributed by atoms with Crippen molar-refractivity contribution in [1.29, 1.82) is 0 Å². The van der Waals surface area contributed by atoms with Gasteiger partial charge in [-0.25, -0.2) is 4.98 Å². The Bertz CT molecular complexity index is 1280. The number of rotatable bonds is 4. The molecule has 5 nitrogen and oxygen atoms in total. The summed E-state index contributed by atoms with van der Waals surface area (Å²) in [6.07, 6.45) is -4.41. The Morgan fingerprint density at radius 2 is 1.84 bits per heavy atom. The van der Waals surface area contributed by atoms with Gasteiger partial charge in [-0.15, -0.1) is 0 Å². The van der Waals surface area contributed by atoms with Crippen LogP contribution in [0.4, 0.5) is 19.1 Å². The van der Waals surface area contributed by atoms with E-state index in [0.29, 0.717) is 33.9 Å². The van der Waals surface area contributed by atoms with Crippen molar-refractivity contribution in [2.75, 3.05) is 5.32 Å². The van der Waals surface area contributed by atoms with Gasteiger partial charge in [-0.3, -0.25) is 10.1 Å². The first-order valence-electron chi connectivity index (χ1n) is 9.51. The number of aromatic nitrogens is 2. The minimum atomic E-state index is -4.44. The molecule has 2 aromatic heterocycles. The summed E-state index contributed by atoms with van der Waals surface area (Å²) in [5.74, 6) is -0.0154. The van der Waals surface area contributed by atoms with Crippen molar-refractivity contribution in [3.05, 3.63) is 77.0 Å². The molecule has 158 valence electrons. The average molecular weight is 425 g/mol. The molecule has 4 rings (SSSR count). The second-order valence-electron chi connectivity index (χ2n) is 7.21. The van der Waals surface area contributed by atoms with Crippen molar-refractivity contribution >= 4 is 22.7 Å². The Kier molecular flexibility index (Phi) is 5.22. The maximum absolute atomic E-state index is 13.1. The molecular formula is C23H18F3N3O2. The summed E-state index contributed by atoms with van der Waals surface area (Å²) in [6, 6.07) is 13.9. The number of amides is 1. The third-order valence-electron chi connectivity index (χ3n) is 5.05. The average Bonchev–Trinajstić information content (AvgIpc) is 3.05. The number of anilines is 1. The standard InChI is InChI=1S/C23H18F3N3O2/c1-13-14(2)29-31-22(13)28-20(30)12-17-7-3-5-15-9-10-19(27-21(15)17)16-6-4-8-18(11-16)23(24,25)26/h3-11H,12H2,1-2H3,(H,28,30). The molecule has 0 fully saturated rings. The minimum absolute atomic E-state index is 0.0234. The monoisotopic (exact) mass is 425 g/mol.